The lowest BCUT2D eigenvalue weighted by atomic mass is 10.1. The first-order valence-electron chi connectivity index (χ1n) is 5.71. The van der Waals surface area contributed by atoms with E-state index in [1.165, 1.54) is 11.3 Å². The van der Waals surface area contributed by atoms with E-state index < -0.39 is 0 Å². The summed E-state index contributed by atoms with van der Waals surface area (Å²) in [7, 11) is 2.05. The number of aromatic hydroxyl groups is 1. The van der Waals surface area contributed by atoms with Gasteiger partial charge >= 0.3 is 0 Å². The van der Waals surface area contributed by atoms with Crippen molar-refractivity contribution in [1.82, 2.24) is 0 Å². The number of rotatable bonds is 3. The first kappa shape index (κ1) is 11.5. The van der Waals surface area contributed by atoms with Gasteiger partial charge in [0.05, 0.1) is 0 Å². The number of anilines is 1. The summed E-state index contributed by atoms with van der Waals surface area (Å²) in [6.07, 6.45) is 0. The van der Waals surface area contributed by atoms with Crippen LogP contribution in [0.2, 0.25) is 0 Å². The van der Waals surface area contributed by atoms with Crippen LogP contribution < -0.4 is 4.90 Å². The molecule has 0 bridgehead atoms. The van der Waals surface area contributed by atoms with Gasteiger partial charge in [-0.25, -0.2) is 0 Å². The van der Waals surface area contributed by atoms with E-state index in [4.69, 9.17) is 0 Å². The maximum absolute atomic E-state index is 9.50. The molecule has 0 radical (unpaired) electrons. The van der Waals surface area contributed by atoms with Gasteiger partial charge in [0.15, 0.2) is 0 Å². The lowest BCUT2D eigenvalue weighted by Crippen LogP contribution is -2.16. The predicted octanol–water partition coefficient (Wildman–Crippen LogP) is 3.34. The Balaban J connectivity index is 2.18. The van der Waals surface area contributed by atoms with Gasteiger partial charge in [0.25, 0.3) is 0 Å². The zero-order chi connectivity index (χ0) is 12.3. The van der Waals surface area contributed by atoms with Gasteiger partial charge in [0.1, 0.15) is 5.75 Å². The molecule has 2 aromatic rings. The summed E-state index contributed by atoms with van der Waals surface area (Å²) in [5, 5.41) is 9.50. The summed E-state index contributed by atoms with van der Waals surface area (Å²) in [5.41, 5.74) is 3.53. The molecule has 0 heterocycles. The molecular formula is C15H17NO. The molecule has 2 nitrogen and oxygen atoms in total. The quantitative estimate of drug-likeness (QED) is 0.869. The smallest absolute Gasteiger partial charge is 0.115 e. The van der Waals surface area contributed by atoms with E-state index in [-0.39, 0.29) is 0 Å². The third-order valence-corrected chi connectivity index (χ3v) is 2.94. The molecule has 17 heavy (non-hydrogen) atoms. The number of phenolic OH excluding ortho intramolecular Hbond substituents is 1. The minimum Gasteiger partial charge on any atom is -0.508 e. The first-order chi connectivity index (χ1) is 8.16. The van der Waals surface area contributed by atoms with E-state index in [2.05, 4.69) is 31.0 Å². The fourth-order valence-corrected chi connectivity index (χ4v) is 1.86. The monoisotopic (exact) mass is 227 g/mol. The topological polar surface area (TPSA) is 23.5 Å². The van der Waals surface area contributed by atoms with Crippen molar-refractivity contribution in [2.75, 3.05) is 11.9 Å². The number of para-hydroxylation sites is 1. The Bertz CT molecular complexity index is 494. The molecule has 0 aliphatic rings. The van der Waals surface area contributed by atoms with Crippen LogP contribution in [0.1, 0.15) is 11.1 Å². The van der Waals surface area contributed by atoms with Crippen molar-refractivity contribution in [2.45, 2.75) is 13.5 Å². The Labute approximate surface area is 102 Å². The number of aryl methyl sites for hydroxylation is 1. The molecule has 88 valence electrons. The number of phenols is 1. The summed E-state index contributed by atoms with van der Waals surface area (Å²) in [6, 6.07) is 15.7. The lowest BCUT2D eigenvalue weighted by Gasteiger charge is -2.20. The van der Waals surface area contributed by atoms with Crippen molar-refractivity contribution < 1.29 is 5.11 Å². The SMILES string of the molecule is Cc1ccc(O)cc1CN(C)c1ccccc1. The van der Waals surface area contributed by atoms with Crippen LogP contribution in [0.15, 0.2) is 48.5 Å². The van der Waals surface area contributed by atoms with Crippen molar-refractivity contribution >= 4 is 5.69 Å². The Morgan fingerprint density at radius 3 is 2.47 bits per heavy atom. The zero-order valence-corrected chi connectivity index (χ0v) is 10.2. The number of benzene rings is 2. The minimum atomic E-state index is 0.326. The number of hydrogen-bond donors (Lipinski definition) is 1. The van der Waals surface area contributed by atoms with Gasteiger partial charge in [-0.1, -0.05) is 24.3 Å². The van der Waals surface area contributed by atoms with Crippen molar-refractivity contribution in [3.63, 3.8) is 0 Å². The normalized spacial score (nSPS) is 10.2. The van der Waals surface area contributed by atoms with Gasteiger partial charge in [-0.2, -0.15) is 0 Å². The van der Waals surface area contributed by atoms with E-state index in [0.717, 1.165) is 12.1 Å². The maximum Gasteiger partial charge on any atom is 0.115 e. The summed E-state index contributed by atoms with van der Waals surface area (Å²) >= 11 is 0. The molecule has 0 saturated heterocycles. The molecular weight excluding hydrogens is 210 g/mol. The summed E-state index contributed by atoms with van der Waals surface area (Å²) in [4.78, 5) is 2.17. The molecule has 0 aliphatic carbocycles. The molecule has 1 N–H and O–H groups in total. The van der Waals surface area contributed by atoms with Crippen LogP contribution in [0.5, 0.6) is 5.75 Å². The molecule has 0 aliphatic heterocycles. The predicted molar refractivity (Wildman–Crippen MR) is 71.4 cm³/mol. The molecule has 0 amide bonds. The highest BCUT2D eigenvalue weighted by Gasteiger charge is 2.04. The third-order valence-electron chi connectivity index (χ3n) is 2.94. The van der Waals surface area contributed by atoms with Gasteiger partial charge < -0.3 is 10.0 Å². The second kappa shape index (κ2) is 4.91. The third kappa shape index (κ3) is 2.78. The second-order valence-electron chi connectivity index (χ2n) is 4.30. The molecule has 2 aromatic carbocycles. The van der Waals surface area contributed by atoms with E-state index in [1.54, 1.807) is 6.07 Å². The molecule has 0 saturated carbocycles. The highest BCUT2D eigenvalue weighted by atomic mass is 16.3. The summed E-state index contributed by atoms with van der Waals surface area (Å²) in [5.74, 6) is 0.326. The van der Waals surface area contributed by atoms with Crippen LogP contribution in [-0.2, 0) is 6.54 Å². The van der Waals surface area contributed by atoms with E-state index in [9.17, 15) is 5.11 Å². The van der Waals surface area contributed by atoms with Crippen LogP contribution in [0.25, 0.3) is 0 Å². The van der Waals surface area contributed by atoms with Gasteiger partial charge in [0, 0.05) is 19.3 Å². The van der Waals surface area contributed by atoms with Crippen LogP contribution in [-0.4, -0.2) is 12.2 Å². The van der Waals surface area contributed by atoms with Crippen molar-refractivity contribution in [3.05, 3.63) is 59.7 Å². The van der Waals surface area contributed by atoms with Crippen LogP contribution in [0.4, 0.5) is 5.69 Å². The van der Waals surface area contributed by atoms with Crippen molar-refractivity contribution in [3.8, 4) is 5.75 Å². The fraction of sp³-hybridized carbons (Fsp3) is 0.200. The van der Waals surface area contributed by atoms with Crippen LogP contribution >= 0.6 is 0 Å². The average molecular weight is 227 g/mol. The van der Waals surface area contributed by atoms with Gasteiger partial charge in [-0.05, 0) is 42.3 Å². The molecule has 0 spiro atoms. The number of nitrogens with zero attached hydrogens (tertiary/aromatic N) is 1. The Morgan fingerprint density at radius 1 is 1.06 bits per heavy atom. The van der Waals surface area contributed by atoms with Crippen molar-refractivity contribution in [2.24, 2.45) is 0 Å². The van der Waals surface area contributed by atoms with Gasteiger partial charge in [-0.15, -0.1) is 0 Å². The molecule has 2 rings (SSSR count). The lowest BCUT2D eigenvalue weighted by molar-refractivity contribution is 0.474. The second-order valence-corrected chi connectivity index (χ2v) is 4.30. The maximum atomic E-state index is 9.50. The largest absolute Gasteiger partial charge is 0.508 e. The van der Waals surface area contributed by atoms with E-state index in [0.29, 0.717) is 5.75 Å². The van der Waals surface area contributed by atoms with E-state index >= 15 is 0 Å². The fourth-order valence-electron chi connectivity index (χ4n) is 1.86. The molecule has 2 heteroatoms. The molecule has 0 unspecified atom stereocenters. The highest BCUT2D eigenvalue weighted by molar-refractivity contribution is 5.47. The Hall–Kier alpha value is -1.96. The van der Waals surface area contributed by atoms with Crippen molar-refractivity contribution in [1.29, 1.82) is 0 Å². The van der Waals surface area contributed by atoms with Crippen LogP contribution in [0.3, 0.4) is 0 Å². The van der Waals surface area contributed by atoms with E-state index in [1.807, 2.05) is 30.3 Å². The summed E-state index contributed by atoms with van der Waals surface area (Å²) in [6.45, 7) is 2.86. The first-order valence-corrected chi connectivity index (χ1v) is 5.71. The van der Waals surface area contributed by atoms with Gasteiger partial charge in [0.2, 0.25) is 0 Å². The molecule has 0 aromatic heterocycles. The van der Waals surface area contributed by atoms with Gasteiger partial charge in [-0.3, -0.25) is 0 Å². The number of hydrogen-bond acceptors (Lipinski definition) is 2. The standard InChI is InChI=1S/C15H17NO/c1-12-8-9-15(17)10-13(12)11-16(2)14-6-4-3-5-7-14/h3-10,17H,11H2,1-2H3. The Morgan fingerprint density at radius 2 is 1.76 bits per heavy atom. The van der Waals surface area contributed by atoms with Crippen LogP contribution in [0, 0.1) is 6.92 Å². The molecule has 0 fully saturated rings. The molecule has 0 atom stereocenters. The highest BCUT2D eigenvalue weighted by Crippen LogP contribution is 2.20. The summed E-state index contributed by atoms with van der Waals surface area (Å²) < 4.78 is 0. The average Bonchev–Trinajstić information content (AvgIpc) is 2.35. The minimum absolute atomic E-state index is 0.326. The Kier molecular flexibility index (Phi) is 3.33. The zero-order valence-electron chi connectivity index (χ0n) is 10.2.